The van der Waals surface area contributed by atoms with Crippen LogP contribution in [0, 0.1) is 16.7 Å². The van der Waals surface area contributed by atoms with Crippen LogP contribution in [0.25, 0.3) is 0 Å². The Morgan fingerprint density at radius 1 is 1.28 bits per heavy atom. The fraction of sp³-hybridized carbons (Fsp3) is 0.786. The maximum absolute atomic E-state index is 13.5. The number of carbonyl (C=O) groups excluding carboxylic acids is 2. The molecule has 0 saturated carbocycles. The standard InChI is InChI=1S/C14H18F5NO4S/c1-4-13(11(23)24)6(5-25-3)12(2,10(21)22)7(8(15)16)20-9(13)14(17,18)19/h6,8-9H,4-5H2,1-3H3,(H,21,22)(H,23,24)/p-2. The highest BCUT2D eigenvalue weighted by Crippen LogP contribution is 2.55. The van der Waals surface area contributed by atoms with Crippen LogP contribution in [0.2, 0.25) is 0 Å². The Morgan fingerprint density at radius 2 is 1.80 bits per heavy atom. The van der Waals surface area contributed by atoms with Crippen molar-refractivity contribution in [1.29, 1.82) is 0 Å². The van der Waals surface area contributed by atoms with E-state index in [4.69, 9.17) is 0 Å². The minimum atomic E-state index is -5.28. The van der Waals surface area contributed by atoms with Gasteiger partial charge in [-0.15, -0.1) is 0 Å². The number of hydrogen-bond donors (Lipinski definition) is 0. The third kappa shape index (κ3) is 3.22. The van der Waals surface area contributed by atoms with Crippen LogP contribution in [0.5, 0.6) is 0 Å². The van der Waals surface area contributed by atoms with E-state index in [1.54, 1.807) is 0 Å². The van der Waals surface area contributed by atoms with Crippen molar-refractivity contribution in [3.05, 3.63) is 0 Å². The van der Waals surface area contributed by atoms with Crippen molar-refractivity contribution in [3.8, 4) is 0 Å². The van der Waals surface area contributed by atoms with Crippen molar-refractivity contribution in [3.63, 3.8) is 0 Å². The molecule has 11 heteroatoms. The fourth-order valence-corrected chi connectivity index (χ4v) is 4.45. The third-order valence-corrected chi connectivity index (χ3v) is 5.51. The van der Waals surface area contributed by atoms with Gasteiger partial charge in [0.1, 0.15) is 0 Å². The first-order valence-electron chi connectivity index (χ1n) is 7.16. The zero-order valence-electron chi connectivity index (χ0n) is 13.5. The molecule has 1 rings (SSSR count). The highest BCUT2D eigenvalue weighted by atomic mass is 32.2. The summed E-state index contributed by atoms with van der Waals surface area (Å²) in [6.45, 7) is 1.83. The Kier molecular flexibility index (Phi) is 6.13. The van der Waals surface area contributed by atoms with Gasteiger partial charge in [0.05, 0.1) is 23.1 Å². The predicted molar refractivity (Wildman–Crippen MR) is 76.0 cm³/mol. The number of aliphatic imine (C=N–C) groups is 1. The van der Waals surface area contributed by atoms with Crippen LogP contribution in [0.3, 0.4) is 0 Å². The minimum Gasteiger partial charge on any atom is -0.549 e. The smallest absolute Gasteiger partial charge is 0.411 e. The van der Waals surface area contributed by atoms with Crippen LogP contribution in [-0.2, 0) is 9.59 Å². The largest absolute Gasteiger partial charge is 0.549 e. The second-order valence-electron chi connectivity index (χ2n) is 5.94. The Morgan fingerprint density at radius 3 is 2.08 bits per heavy atom. The molecule has 0 aromatic heterocycles. The summed E-state index contributed by atoms with van der Waals surface area (Å²) in [4.78, 5) is 26.3. The molecular weight excluding hydrogens is 373 g/mol. The molecule has 144 valence electrons. The van der Waals surface area contributed by atoms with E-state index >= 15 is 0 Å². The summed E-state index contributed by atoms with van der Waals surface area (Å²) in [5, 5.41) is 23.4. The predicted octanol–water partition coefficient (Wildman–Crippen LogP) is 0.519. The van der Waals surface area contributed by atoms with Crippen molar-refractivity contribution >= 4 is 29.4 Å². The van der Waals surface area contributed by atoms with E-state index in [9.17, 15) is 41.8 Å². The van der Waals surface area contributed by atoms with E-state index in [1.807, 2.05) is 0 Å². The number of hydrogen-bond acceptors (Lipinski definition) is 6. The topological polar surface area (TPSA) is 92.6 Å². The summed E-state index contributed by atoms with van der Waals surface area (Å²) >= 11 is 0.840. The average Bonchev–Trinajstić information content (AvgIpc) is 2.46. The molecule has 25 heavy (non-hydrogen) atoms. The molecule has 0 saturated heterocycles. The summed E-state index contributed by atoms with van der Waals surface area (Å²) in [5.74, 6) is -6.58. The maximum atomic E-state index is 13.5. The van der Waals surface area contributed by atoms with Gasteiger partial charge in [0.25, 0.3) is 6.43 Å². The SMILES string of the molecule is CCC1(C(=O)[O-])C(C(F)(F)F)N=C(C(F)F)C(C)(C(=O)[O-])C1CSC. The molecule has 4 unspecified atom stereocenters. The van der Waals surface area contributed by atoms with Crippen molar-refractivity contribution in [1.82, 2.24) is 0 Å². The molecule has 1 aliphatic heterocycles. The van der Waals surface area contributed by atoms with Gasteiger partial charge < -0.3 is 19.8 Å². The van der Waals surface area contributed by atoms with Gasteiger partial charge in [0.2, 0.25) is 0 Å². The maximum Gasteiger partial charge on any atom is 0.411 e. The quantitative estimate of drug-likeness (QED) is 0.618. The summed E-state index contributed by atoms with van der Waals surface area (Å²) in [6.07, 6.45) is -8.20. The molecule has 1 aliphatic rings. The molecule has 0 bridgehead atoms. The fourth-order valence-electron chi connectivity index (χ4n) is 3.49. The van der Waals surface area contributed by atoms with E-state index in [2.05, 4.69) is 4.99 Å². The third-order valence-electron chi connectivity index (χ3n) is 4.85. The first kappa shape index (κ1) is 21.7. The zero-order valence-corrected chi connectivity index (χ0v) is 14.3. The van der Waals surface area contributed by atoms with Crippen molar-refractivity contribution in [2.24, 2.45) is 21.7 Å². The molecule has 0 spiro atoms. The van der Waals surface area contributed by atoms with Crippen molar-refractivity contribution in [2.45, 2.75) is 38.9 Å². The normalized spacial score (nSPS) is 33.2. The van der Waals surface area contributed by atoms with Crippen molar-refractivity contribution < 1.29 is 41.8 Å². The zero-order chi connectivity index (χ0) is 19.8. The van der Waals surface area contributed by atoms with Crippen LogP contribution in [0.4, 0.5) is 22.0 Å². The van der Waals surface area contributed by atoms with Crippen LogP contribution in [0.1, 0.15) is 20.3 Å². The van der Waals surface area contributed by atoms with Gasteiger partial charge in [-0.1, -0.05) is 6.92 Å². The lowest BCUT2D eigenvalue weighted by Gasteiger charge is -2.56. The van der Waals surface area contributed by atoms with Gasteiger partial charge >= 0.3 is 6.18 Å². The number of alkyl halides is 5. The van der Waals surface area contributed by atoms with Gasteiger partial charge in [0.15, 0.2) is 6.04 Å². The van der Waals surface area contributed by atoms with Gasteiger partial charge in [-0.05, 0) is 31.3 Å². The lowest BCUT2D eigenvalue weighted by molar-refractivity contribution is -0.337. The summed E-state index contributed by atoms with van der Waals surface area (Å²) in [7, 11) is 0. The Labute approximate surface area is 144 Å². The van der Waals surface area contributed by atoms with E-state index in [-0.39, 0.29) is 0 Å². The lowest BCUT2D eigenvalue weighted by Crippen LogP contribution is -2.69. The molecule has 0 radical (unpaired) electrons. The van der Waals surface area contributed by atoms with Gasteiger partial charge in [-0.2, -0.15) is 24.9 Å². The number of rotatable bonds is 6. The number of nitrogens with zero attached hydrogens (tertiary/aromatic N) is 1. The number of carboxylic acid groups (broad SMARTS) is 2. The molecule has 5 nitrogen and oxygen atoms in total. The van der Waals surface area contributed by atoms with E-state index in [0.29, 0.717) is 0 Å². The van der Waals surface area contributed by atoms with Gasteiger partial charge in [0, 0.05) is 5.41 Å². The molecule has 4 atom stereocenters. The Balaban J connectivity index is 3.95. The highest BCUT2D eigenvalue weighted by Gasteiger charge is 2.66. The molecule has 0 aromatic rings. The average molecular weight is 389 g/mol. The van der Waals surface area contributed by atoms with E-state index < -0.39 is 65.2 Å². The number of halogens is 5. The number of carboxylic acids is 2. The van der Waals surface area contributed by atoms with E-state index in [1.165, 1.54) is 6.26 Å². The second kappa shape index (κ2) is 7.08. The van der Waals surface area contributed by atoms with Crippen LogP contribution in [0.15, 0.2) is 4.99 Å². The second-order valence-corrected chi connectivity index (χ2v) is 6.85. The molecule has 1 heterocycles. The number of carbonyl (C=O) groups is 2. The first-order valence-corrected chi connectivity index (χ1v) is 8.55. The summed E-state index contributed by atoms with van der Waals surface area (Å²) < 4.78 is 67.1. The van der Waals surface area contributed by atoms with Crippen LogP contribution >= 0.6 is 11.8 Å². The molecule has 0 aromatic carbocycles. The Bertz CT molecular complexity index is 582. The van der Waals surface area contributed by atoms with Crippen molar-refractivity contribution in [2.75, 3.05) is 12.0 Å². The van der Waals surface area contributed by atoms with Gasteiger partial charge in [-0.25, -0.2) is 8.78 Å². The Hall–Kier alpha value is -1.39. The number of aliphatic carboxylic acids is 2. The minimum absolute atomic E-state index is 0.440. The molecule has 0 aliphatic carbocycles. The van der Waals surface area contributed by atoms with Crippen LogP contribution < -0.4 is 10.2 Å². The molecular formula is C14H16F5NO4S-2. The summed E-state index contributed by atoms with van der Waals surface area (Å²) in [6, 6.07) is -3.04. The molecule has 0 fully saturated rings. The highest BCUT2D eigenvalue weighted by molar-refractivity contribution is 7.98. The molecule has 0 amide bonds. The monoisotopic (exact) mass is 389 g/mol. The molecule has 0 N–H and O–H groups in total. The van der Waals surface area contributed by atoms with E-state index in [0.717, 1.165) is 25.6 Å². The van der Waals surface area contributed by atoms with Gasteiger partial charge in [-0.3, -0.25) is 4.99 Å². The van der Waals surface area contributed by atoms with Crippen LogP contribution in [-0.4, -0.2) is 48.3 Å². The lowest BCUT2D eigenvalue weighted by atomic mass is 9.55. The summed E-state index contributed by atoms with van der Waals surface area (Å²) in [5.41, 5.74) is -7.03. The first-order chi connectivity index (χ1) is 11.3. The number of thioether (sulfide) groups is 1.